The first-order valence-corrected chi connectivity index (χ1v) is 7.55. The van der Waals surface area contributed by atoms with Crippen LogP contribution >= 0.6 is 0 Å². The van der Waals surface area contributed by atoms with Crippen LogP contribution in [0.25, 0.3) is 0 Å². The fourth-order valence-corrected chi connectivity index (χ4v) is 2.50. The average Bonchev–Trinajstić information content (AvgIpc) is 2.79. The molecule has 2 aromatic rings. The zero-order chi connectivity index (χ0) is 17.0. The van der Waals surface area contributed by atoms with Crippen molar-refractivity contribution in [3.8, 4) is 0 Å². The first-order valence-electron chi connectivity index (χ1n) is 7.55. The molecule has 1 aromatic carbocycles. The Bertz CT molecular complexity index is 704. The molecule has 0 bridgehead atoms. The van der Waals surface area contributed by atoms with E-state index in [0.717, 1.165) is 11.4 Å². The summed E-state index contributed by atoms with van der Waals surface area (Å²) >= 11 is 0. The Morgan fingerprint density at radius 1 is 1.13 bits per heavy atom. The van der Waals surface area contributed by atoms with Crippen LogP contribution in [0.4, 0.5) is 11.4 Å². The second kappa shape index (κ2) is 7.09. The van der Waals surface area contributed by atoms with Gasteiger partial charge in [-0.25, -0.2) is 0 Å². The van der Waals surface area contributed by atoms with Crippen LogP contribution in [-0.4, -0.2) is 21.6 Å². The lowest BCUT2D eigenvalue weighted by atomic mass is 10.2. The van der Waals surface area contributed by atoms with E-state index in [1.54, 1.807) is 24.3 Å². The van der Waals surface area contributed by atoms with Crippen molar-refractivity contribution >= 4 is 23.2 Å². The molecule has 0 radical (unpaired) electrons. The molecule has 6 heteroatoms. The van der Waals surface area contributed by atoms with Crippen LogP contribution in [0.5, 0.6) is 0 Å². The molecular formula is C17H22N4O2. The minimum absolute atomic E-state index is 0.0117. The normalized spacial score (nSPS) is 11.8. The van der Waals surface area contributed by atoms with Gasteiger partial charge in [0.2, 0.25) is 11.8 Å². The highest BCUT2D eigenvalue weighted by molar-refractivity contribution is 5.92. The van der Waals surface area contributed by atoms with Crippen LogP contribution in [0.3, 0.4) is 0 Å². The van der Waals surface area contributed by atoms with Gasteiger partial charge < -0.3 is 10.6 Å². The molecule has 0 aliphatic rings. The molecule has 0 spiro atoms. The van der Waals surface area contributed by atoms with Crippen molar-refractivity contribution in [1.29, 1.82) is 0 Å². The summed E-state index contributed by atoms with van der Waals surface area (Å²) in [6.07, 6.45) is 0.343. The van der Waals surface area contributed by atoms with E-state index in [-0.39, 0.29) is 17.9 Å². The van der Waals surface area contributed by atoms with Crippen molar-refractivity contribution < 1.29 is 9.59 Å². The van der Waals surface area contributed by atoms with Crippen molar-refractivity contribution in [2.45, 2.75) is 40.2 Å². The van der Waals surface area contributed by atoms with Crippen molar-refractivity contribution in [3.05, 3.63) is 41.7 Å². The molecule has 23 heavy (non-hydrogen) atoms. The molecule has 2 amide bonds. The number of carbonyl (C=O) groups excluding carboxylic acids is 2. The van der Waals surface area contributed by atoms with Crippen molar-refractivity contribution in [1.82, 2.24) is 9.78 Å². The number of anilines is 2. The number of aryl methyl sites for hydroxylation is 2. The molecule has 0 aliphatic heterocycles. The summed E-state index contributed by atoms with van der Waals surface area (Å²) in [5.41, 5.74) is 3.39. The molecule has 0 unspecified atom stereocenters. The van der Waals surface area contributed by atoms with Crippen LogP contribution in [-0.2, 0) is 9.59 Å². The third-order valence-electron chi connectivity index (χ3n) is 3.43. The molecule has 1 atom stereocenters. The van der Waals surface area contributed by atoms with E-state index in [4.69, 9.17) is 0 Å². The summed E-state index contributed by atoms with van der Waals surface area (Å²) in [5, 5.41) is 9.95. The Morgan fingerprint density at radius 3 is 2.17 bits per heavy atom. The third kappa shape index (κ3) is 4.67. The van der Waals surface area contributed by atoms with Crippen LogP contribution in [0.1, 0.15) is 37.7 Å². The summed E-state index contributed by atoms with van der Waals surface area (Å²) in [6.45, 7) is 7.34. The summed E-state index contributed by atoms with van der Waals surface area (Å²) < 4.78 is 1.87. The van der Waals surface area contributed by atoms with E-state index in [1.807, 2.05) is 31.5 Å². The fourth-order valence-electron chi connectivity index (χ4n) is 2.50. The van der Waals surface area contributed by atoms with Gasteiger partial charge in [-0.2, -0.15) is 5.10 Å². The minimum atomic E-state index is -0.125. The lowest BCUT2D eigenvalue weighted by Crippen LogP contribution is -2.19. The van der Waals surface area contributed by atoms with Crippen LogP contribution in [0.15, 0.2) is 30.3 Å². The smallest absolute Gasteiger partial charge is 0.226 e. The van der Waals surface area contributed by atoms with Crippen LogP contribution in [0, 0.1) is 13.8 Å². The first kappa shape index (κ1) is 16.7. The minimum Gasteiger partial charge on any atom is -0.326 e. The number of amides is 2. The number of nitrogens with one attached hydrogen (secondary N) is 2. The number of hydrogen-bond acceptors (Lipinski definition) is 3. The van der Waals surface area contributed by atoms with Crippen molar-refractivity contribution in [2.24, 2.45) is 0 Å². The average molecular weight is 314 g/mol. The highest BCUT2D eigenvalue weighted by atomic mass is 16.2. The largest absolute Gasteiger partial charge is 0.326 e. The number of hydrogen-bond donors (Lipinski definition) is 2. The molecule has 2 rings (SSSR count). The summed E-state index contributed by atoms with van der Waals surface area (Å²) in [4.78, 5) is 23.1. The maximum absolute atomic E-state index is 12.2. The summed E-state index contributed by atoms with van der Waals surface area (Å²) in [7, 11) is 0. The van der Waals surface area contributed by atoms with Gasteiger partial charge in [0.15, 0.2) is 0 Å². The van der Waals surface area contributed by atoms with E-state index in [1.165, 1.54) is 6.92 Å². The van der Waals surface area contributed by atoms with Crippen LogP contribution < -0.4 is 10.6 Å². The molecular weight excluding hydrogens is 292 g/mol. The Morgan fingerprint density at radius 2 is 1.70 bits per heavy atom. The Kier molecular flexibility index (Phi) is 5.16. The van der Waals surface area contributed by atoms with Gasteiger partial charge in [-0.15, -0.1) is 0 Å². The van der Waals surface area contributed by atoms with E-state index in [2.05, 4.69) is 15.7 Å². The first-order chi connectivity index (χ1) is 10.8. The summed E-state index contributed by atoms with van der Waals surface area (Å²) in [6, 6.07) is 9.01. The zero-order valence-electron chi connectivity index (χ0n) is 13.9. The molecule has 122 valence electrons. The third-order valence-corrected chi connectivity index (χ3v) is 3.43. The van der Waals surface area contributed by atoms with Gasteiger partial charge in [0.1, 0.15) is 0 Å². The number of aromatic nitrogens is 2. The summed E-state index contributed by atoms with van der Waals surface area (Å²) in [5.74, 6) is -0.196. The molecule has 0 fully saturated rings. The molecule has 1 heterocycles. The number of carbonyl (C=O) groups is 2. The van der Waals surface area contributed by atoms with Crippen molar-refractivity contribution in [2.75, 3.05) is 10.6 Å². The van der Waals surface area contributed by atoms with Crippen molar-refractivity contribution in [3.63, 3.8) is 0 Å². The monoisotopic (exact) mass is 314 g/mol. The van der Waals surface area contributed by atoms with E-state index in [9.17, 15) is 9.59 Å². The highest BCUT2D eigenvalue weighted by Crippen LogP contribution is 2.17. The second-order valence-corrected chi connectivity index (χ2v) is 5.73. The molecule has 0 saturated carbocycles. The maximum Gasteiger partial charge on any atom is 0.226 e. The van der Waals surface area contributed by atoms with Gasteiger partial charge in [-0.3, -0.25) is 14.3 Å². The van der Waals surface area contributed by atoms with Crippen LogP contribution in [0.2, 0.25) is 0 Å². The standard InChI is InChI=1S/C17H22N4O2/c1-11-9-12(2)21(20-11)13(3)10-17(23)19-16-7-5-15(6-8-16)18-14(4)22/h5-9,13H,10H2,1-4H3,(H,18,22)(H,19,23)/t13-/m0/s1. The Hall–Kier alpha value is -2.63. The predicted octanol–water partition coefficient (Wildman–Crippen LogP) is 3.05. The van der Waals surface area contributed by atoms with Gasteiger partial charge in [0.25, 0.3) is 0 Å². The quantitative estimate of drug-likeness (QED) is 0.890. The Balaban J connectivity index is 1.94. The second-order valence-electron chi connectivity index (χ2n) is 5.73. The lowest BCUT2D eigenvalue weighted by Gasteiger charge is -2.14. The van der Waals surface area contributed by atoms with Gasteiger partial charge in [-0.1, -0.05) is 0 Å². The predicted molar refractivity (Wildman–Crippen MR) is 90.4 cm³/mol. The molecule has 0 saturated heterocycles. The maximum atomic E-state index is 12.2. The SMILES string of the molecule is CC(=O)Nc1ccc(NC(=O)C[C@H](C)n2nc(C)cc2C)cc1. The van der Waals surface area contributed by atoms with E-state index < -0.39 is 0 Å². The van der Waals surface area contributed by atoms with Gasteiger partial charge in [0, 0.05) is 30.4 Å². The fraction of sp³-hybridized carbons (Fsp3) is 0.353. The van der Waals surface area contributed by atoms with E-state index in [0.29, 0.717) is 17.8 Å². The number of rotatable bonds is 5. The van der Waals surface area contributed by atoms with Gasteiger partial charge in [0.05, 0.1) is 11.7 Å². The molecule has 2 N–H and O–H groups in total. The lowest BCUT2D eigenvalue weighted by molar-refractivity contribution is -0.117. The topological polar surface area (TPSA) is 76.0 Å². The highest BCUT2D eigenvalue weighted by Gasteiger charge is 2.14. The molecule has 0 aliphatic carbocycles. The molecule has 1 aromatic heterocycles. The van der Waals surface area contributed by atoms with Gasteiger partial charge >= 0.3 is 0 Å². The van der Waals surface area contributed by atoms with Gasteiger partial charge in [-0.05, 0) is 51.1 Å². The Labute approximate surface area is 135 Å². The molecule has 6 nitrogen and oxygen atoms in total. The zero-order valence-corrected chi connectivity index (χ0v) is 13.9. The van der Waals surface area contributed by atoms with E-state index >= 15 is 0 Å². The number of nitrogens with zero attached hydrogens (tertiary/aromatic N) is 2. The number of benzene rings is 1.